The molecule has 3 rings (SSSR count). The van der Waals surface area contributed by atoms with Gasteiger partial charge in [0.1, 0.15) is 6.10 Å². The topological polar surface area (TPSA) is 68.2 Å². The van der Waals surface area contributed by atoms with Gasteiger partial charge in [0.05, 0.1) is 11.2 Å². The van der Waals surface area contributed by atoms with Gasteiger partial charge < -0.3 is 24.1 Å². The van der Waals surface area contributed by atoms with Crippen molar-refractivity contribution in [2.75, 3.05) is 13.1 Å². The molecule has 2 aliphatic heterocycles. The van der Waals surface area contributed by atoms with Crippen LogP contribution in [0.4, 0.5) is 9.18 Å². The van der Waals surface area contributed by atoms with E-state index in [1.807, 2.05) is 27.7 Å². The number of carboxylic acid groups (broad SMARTS) is 1. The van der Waals surface area contributed by atoms with Crippen LogP contribution in [0.2, 0.25) is 0 Å². The molecule has 2 aliphatic rings. The monoisotopic (exact) mass is 365 g/mol. The van der Waals surface area contributed by atoms with Gasteiger partial charge in [-0.2, -0.15) is 0 Å². The number of likely N-dealkylation sites (tertiary alicyclic amines) is 1. The van der Waals surface area contributed by atoms with E-state index < -0.39 is 30.2 Å². The number of hydrogen-bond donors (Lipinski definition) is 1. The molecule has 0 bridgehead atoms. The van der Waals surface area contributed by atoms with Crippen LogP contribution in [0.5, 0.6) is 5.75 Å². The molecular formula is C18H25BFNO5. The van der Waals surface area contributed by atoms with E-state index in [-0.39, 0.29) is 11.9 Å². The molecule has 0 unspecified atom stereocenters. The summed E-state index contributed by atoms with van der Waals surface area (Å²) in [5.41, 5.74) is -0.364. The molecule has 142 valence electrons. The number of benzene rings is 1. The van der Waals surface area contributed by atoms with Crippen molar-refractivity contribution in [3.8, 4) is 5.75 Å². The lowest BCUT2D eigenvalue weighted by Gasteiger charge is -2.32. The van der Waals surface area contributed by atoms with Crippen LogP contribution >= 0.6 is 0 Å². The minimum absolute atomic E-state index is 0.166. The van der Waals surface area contributed by atoms with Gasteiger partial charge in [-0.1, -0.05) is 6.07 Å². The number of piperidine rings is 1. The van der Waals surface area contributed by atoms with Crippen molar-refractivity contribution in [2.24, 2.45) is 0 Å². The highest BCUT2D eigenvalue weighted by Gasteiger charge is 2.51. The highest BCUT2D eigenvalue weighted by molar-refractivity contribution is 6.62. The zero-order valence-corrected chi connectivity index (χ0v) is 15.6. The fourth-order valence-corrected chi connectivity index (χ4v) is 3.08. The molecule has 0 radical (unpaired) electrons. The number of rotatable bonds is 3. The molecule has 1 aromatic carbocycles. The molecule has 1 N–H and O–H groups in total. The molecule has 8 heteroatoms. The summed E-state index contributed by atoms with van der Waals surface area (Å²) in [5.74, 6) is -0.308. The molecule has 1 aromatic rings. The molecule has 26 heavy (non-hydrogen) atoms. The zero-order valence-electron chi connectivity index (χ0n) is 15.6. The Bertz CT molecular complexity index is 672. The van der Waals surface area contributed by atoms with Crippen molar-refractivity contribution in [1.29, 1.82) is 0 Å². The summed E-state index contributed by atoms with van der Waals surface area (Å²) in [6.07, 6.45) is -0.0284. The largest absolute Gasteiger partial charge is 0.494 e. The molecule has 2 fully saturated rings. The minimum atomic E-state index is -0.929. The lowest BCUT2D eigenvalue weighted by molar-refractivity contribution is 0.00578. The molecule has 0 aliphatic carbocycles. The van der Waals surface area contributed by atoms with Crippen LogP contribution < -0.4 is 10.2 Å². The Morgan fingerprint density at radius 1 is 1.23 bits per heavy atom. The quantitative estimate of drug-likeness (QED) is 0.835. The first kappa shape index (κ1) is 19.0. The predicted molar refractivity (Wildman–Crippen MR) is 95.4 cm³/mol. The third-order valence-electron chi connectivity index (χ3n) is 5.49. The number of nitrogens with zero attached hydrogens (tertiary/aromatic N) is 1. The smallest absolute Gasteiger partial charge is 0.487 e. The Hall–Kier alpha value is -1.80. The van der Waals surface area contributed by atoms with Gasteiger partial charge in [0, 0.05) is 25.9 Å². The molecule has 0 saturated carbocycles. The summed E-state index contributed by atoms with van der Waals surface area (Å²) in [6, 6.07) is 4.70. The second-order valence-electron chi connectivity index (χ2n) is 7.86. The highest BCUT2D eigenvalue weighted by atomic mass is 19.1. The Morgan fingerprint density at radius 3 is 2.31 bits per heavy atom. The average Bonchev–Trinajstić information content (AvgIpc) is 2.78. The Morgan fingerprint density at radius 2 is 1.81 bits per heavy atom. The van der Waals surface area contributed by atoms with E-state index in [2.05, 4.69) is 0 Å². The zero-order chi connectivity index (χ0) is 19.1. The van der Waals surface area contributed by atoms with Crippen molar-refractivity contribution in [3.05, 3.63) is 24.0 Å². The number of halogens is 1. The molecular weight excluding hydrogens is 340 g/mol. The molecule has 2 saturated heterocycles. The first-order chi connectivity index (χ1) is 12.1. The molecule has 1 amide bonds. The van der Waals surface area contributed by atoms with Gasteiger partial charge in [0.15, 0.2) is 11.6 Å². The maximum atomic E-state index is 14.5. The summed E-state index contributed by atoms with van der Waals surface area (Å²) >= 11 is 0. The van der Waals surface area contributed by atoms with Gasteiger partial charge in [-0.15, -0.1) is 0 Å². The van der Waals surface area contributed by atoms with Gasteiger partial charge in [0.2, 0.25) is 0 Å². The Labute approximate surface area is 153 Å². The fourth-order valence-electron chi connectivity index (χ4n) is 3.08. The van der Waals surface area contributed by atoms with Crippen molar-refractivity contribution in [1.82, 2.24) is 4.90 Å². The van der Waals surface area contributed by atoms with Crippen LogP contribution in [-0.2, 0) is 9.31 Å². The van der Waals surface area contributed by atoms with Crippen LogP contribution in [0.3, 0.4) is 0 Å². The van der Waals surface area contributed by atoms with Crippen LogP contribution in [-0.4, -0.2) is 53.6 Å². The van der Waals surface area contributed by atoms with Crippen LogP contribution in [0.1, 0.15) is 40.5 Å². The first-order valence-corrected chi connectivity index (χ1v) is 8.89. The van der Waals surface area contributed by atoms with E-state index in [4.69, 9.17) is 19.2 Å². The van der Waals surface area contributed by atoms with Crippen LogP contribution in [0, 0.1) is 5.82 Å². The fraction of sp³-hybridized carbons (Fsp3) is 0.611. The van der Waals surface area contributed by atoms with E-state index in [0.717, 1.165) is 0 Å². The predicted octanol–water partition coefficient (Wildman–Crippen LogP) is 2.65. The van der Waals surface area contributed by atoms with Gasteiger partial charge >= 0.3 is 13.2 Å². The second-order valence-corrected chi connectivity index (χ2v) is 7.86. The number of carbonyl (C=O) groups is 1. The normalized spacial score (nSPS) is 22.5. The molecule has 6 nitrogen and oxygen atoms in total. The third-order valence-corrected chi connectivity index (χ3v) is 5.49. The first-order valence-electron chi connectivity index (χ1n) is 8.89. The average molecular weight is 365 g/mol. The standard InChI is InChI=1S/C18H25BFNO5/c1-17(2)18(3,4)26-19(25-17)12-5-6-15(14(20)11-12)24-13-7-9-21(10-8-13)16(22)23/h5-6,11,13H,7-10H2,1-4H3,(H,22,23). The highest BCUT2D eigenvalue weighted by Crippen LogP contribution is 2.36. The maximum Gasteiger partial charge on any atom is 0.494 e. The van der Waals surface area contributed by atoms with Gasteiger partial charge in [-0.05, 0) is 45.3 Å². The van der Waals surface area contributed by atoms with Crippen molar-refractivity contribution >= 4 is 18.7 Å². The maximum absolute atomic E-state index is 14.5. The molecule has 0 spiro atoms. The van der Waals surface area contributed by atoms with Crippen molar-refractivity contribution in [2.45, 2.75) is 57.8 Å². The lowest BCUT2D eigenvalue weighted by atomic mass is 9.79. The van der Waals surface area contributed by atoms with Gasteiger partial charge in [-0.25, -0.2) is 9.18 Å². The summed E-state index contributed by atoms with van der Waals surface area (Å²) in [4.78, 5) is 12.3. The molecule has 0 aromatic heterocycles. The van der Waals surface area contributed by atoms with E-state index in [0.29, 0.717) is 31.4 Å². The van der Waals surface area contributed by atoms with E-state index in [9.17, 15) is 9.18 Å². The van der Waals surface area contributed by atoms with Gasteiger partial charge in [-0.3, -0.25) is 0 Å². The van der Waals surface area contributed by atoms with E-state index in [1.54, 1.807) is 12.1 Å². The van der Waals surface area contributed by atoms with Crippen molar-refractivity contribution < 1.29 is 28.3 Å². The Balaban J connectivity index is 1.65. The van der Waals surface area contributed by atoms with E-state index >= 15 is 0 Å². The summed E-state index contributed by atoms with van der Waals surface area (Å²) in [7, 11) is -0.623. The summed E-state index contributed by atoms with van der Waals surface area (Å²) in [5, 5.41) is 8.97. The minimum Gasteiger partial charge on any atom is -0.487 e. The second kappa shape index (κ2) is 6.74. The number of amides is 1. The lowest BCUT2D eigenvalue weighted by Crippen LogP contribution is -2.41. The third kappa shape index (κ3) is 3.66. The SMILES string of the molecule is CC1(C)OB(c2ccc(OC3CCN(C(=O)O)CC3)c(F)c2)OC1(C)C. The molecule has 2 heterocycles. The van der Waals surface area contributed by atoms with Gasteiger partial charge in [0.25, 0.3) is 0 Å². The number of hydrogen-bond acceptors (Lipinski definition) is 4. The summed E-state index contributed by atoms with van der Waals surface area (Å²) in [6.45, 7) is 8.59. The van der Waals surface area contributed by atoms with Crippen molar-refractivity contribution in [3.63, 3.8) is 0 Å². The van der Waals surface area contributed by atoms with E-state index in [1.165, 1.54) is 11.0 Å². The summed E-state index contributed by atoms with van der Waals surface area (Å²) < 4.78 is 32.1. The number of ether oxygens (including phenoxy) is 1. The van der Waals surface area contributed by atoms with Crippen LogP contribution in [0.15, 0.2) is 18.2 Å². The Kier molecular flexibility index (Phi) is 4.92. The van der Waals surface area contributed by atoms with Crippen LogP contribution in [0.25, 0.3) is 0 Å². The molecule has 0 atom stereocenters.